The van der Waals surface area contributed by atoms with Crippen LogP contribution in [0.1, 0.15) is 17.4 Å². The maximum absolute atomic E-state index is 11.5. The van der Waals surface area contributed by atoms with Crippen LogP contribution in [-0.2, 0) is 4.74 Å². The van der Waals surface area contributed by atoms with Gasteiger partial charge in [0.05, 0.1) is 12.1 Å². The molecule has 94 valence electrons. The third-order valence-electron chi connectivity index (χ3n) is 1.75. The fraction of sp³-hybridized carbons (Fsp3) is 0.444. The number of hydrogen-bond donors (Lipinski definition) is 3. The number of ether oxygens (including phenoxy) is 1. The van der Waals surface area contributed by atoms with Crippen molar-refractivity contribution in [3.63, 3.8) is 0 Å². The fourth-order valence-electron chi connectivity index (χ4n) is 1.08. The van der Waals surface area contributed by atoms with Gasteiger partial charge in [-0.15, -0.1) is 11.3 Å². The molecule has 0 bridgehead atoms. The Morgan fingerprint density at radius 1 is 1.53 bits per heavy atom. The van der Waals surface area contributed by atoms with E-state index in [9.17, 15) is 9.59 Å². The van der Waals surface area contributed by atoms with Crippen molar-refractivity contribution in [3.8, 4) is 0 Å². The number of thiazole rings is 1. The lowest BCUT2D eigenvalue weighted by molar-refractivity contribution is 0.0521. The van der Waals surface area contributed by atoms with E-state index in [0.29, 0.717) is 24.7 Å². The zero-order valence-electron chi connectivity index (χ0n) is 9.36. The zero-order valence-corrected chi connectivity index (χ0v) is 10.2. The van der Waals surface area contributed by atoms with E-state index < -0.39 is 12.0 Å². The molecule has 0 radical (unpaired) electrons. The third kappa shape index (κ3) is 4.27. The van der Waals surface area contributed by atoms with Gasteiger partial charge in [-0.3, -0.25) is 0 Å². The first-order valence-electron chi connectivity index (χ1n) is 5.03. The SMILES string of the molecule is CCOC(=O)c1ncsc1NCCNC(N)=O. The Morgan fingerprint density at radius 2 is 2.29 bits per heavy atom. The van der Waals surface area contributed by atoms with Crippen LogP contribution < -0.4 is 16.4 Å². The Labute approximate surface area is 102 Å². The molecule has 0 aromatic carbocycles. The van der Waals surface area contributed by atoms with Crippen molar-refractivity contribution in [2.24, 2.45) is 5.73 Å². The molecule has 0 fully saturated rings. The summed E-state index contributed by atoms with van der Waals surface area (Å²) in [4.78, 5) is 25.8. The van der Waals surface area contributed by atoms with Gasteiger partial charge in [0.25, 0.3) is 0 Å². The minimum atomic E-state index is -0.582. The summed E-state index contributed by atoms with van der Waals surface area (Å²) < 4.78 is 4.85. The Balaban J connectivity index is 2.45. The summed E-state index contributed by atoms with van der Waals surface area (Å²) in [6.45, 7) is 2.86. The number of carbonyl (C=O) groups excluding carboxylic acids is 2. The van der Waals surface area contributed by atoms with Crippen molar-refractivity contribution in [2.75, 3.05) is 25.0 Å². The molecule has 1 aromatic rings. The summed E-state index contributed by atoms with van der Waals surface area (Å²) in [5, 5.41) is 6.02. The van der Waals surface area contributed by atoms with Crippen LogP contribution in [-0.4, -0.2) is 36.7 Å². The normalized spacial score (nSPS) is 9.71. The van der Waals surface area contributed by atoms with Crippen LogP contribution in [0.25, 0.3) is 0 Å². The fourth-order valence-corrected chi connectivity index (χ4v) is 1.77. The van der Waals surface area contributed by atoms with E-state index in [1.807, 2.05) is 0 Å². The van der Waals surface area contributed by atoms with Gasteiger partial charge in [-0.2, -0.15) is 0 Å². The van der Waals surface area contributed by atoms with Crippen LogP contribution in [0.4, 0.5) is 9.80 Å². The van der Waals surface area contributed by atoms with Crippen molar-refractivity contribution in [1.29, 1.82) is 0 Å². The second-order valence-electron chi connectivity index (χ2n) is 2.97. The van der Waals surface area contributed by atoms with E-state index in [2.05, 4.69) is 15.6 Å². The lowest BCUT2D eigenvalue weighted by Crippen LogP contribution is -2.33. The molecule has 0 spiro atoms. The molecular weight excluding hydrogens is 244 g/mol. The molecule has 0 aliphatic carbocycles. The van der Waals surface area contributed by atoms with Gasteiger partial charge in [0, 0.05) is 13.1 Å². The highest BCUT2D eigenvalue weighted by atomic mass is 32.1. The molecule has 1 aromatic heterocycles. The standard InChI is InChI=1S/C9H14N4O3S/c1-2-16-8(14)6-7(17-5-13-6)11-3-4-12-9(10)15/h5,11H,2-4H2,1H3,(H3,10,12,15). The van der Waals surface area contributed by atoms with Gasteiger partial charge in [0.1, 0.15) is 5.00 Å². The van der Waals surface area contributed by atoms with Crippen molar-refractivity contribution < 1.29 is 14.3 Å². The first kappa shape index (κ1) is 13.2. The lowest BCUT2D eigenvalue weighted by Gasteiger charge is -2.06. The van der Waals surface area contributed by atoms with E-state index in [4.69, 9.17) is 10.5 Å². The summed E-state index contributed by atoms with van der Waals surface area (Å²) in [5.74, 6) is -0.459. The van der Waals surface area contributed by atoms with Crippen LogP contribution in [0, 0.1) is 0 Å². The molecule has 7 nitrogen and oxygen atoms in total. The molecule has 2 amide bonds. The van der Waals surface area contributed by atoms with E-state index >= 15 is 0 Å². The van der Waals surface area contributed by atoms with Gasteiger partial charge < -0.3 is 21.1 Å². The molecule has 1 heterocycles. The first-order chi connectivity index (χ1) is 8.15. The third-order valence-corrected chi connectivity index (χ3v) is 2.53. The number of carbonyl (C=O) groups is 2. The molecule has 0 saturated heterocycles. The van der Waals surface area contributed by atoms with Gasteiger partial charge in [-0.25, -0.2) is 14.6 Å². The van der Waals surface area contributed by atoms with Gasteiger partial charge >= 0.3 is 12.0 Å². The number of primary amides is 1. The second kappa shape index (κ2) is 6.69. The number of rotatable bonds is 6. The topological polar surface area (TPSA) is 106 Å². The van der Waals surface area contributed by atoms with Crippen molar-refractivity contribution >= 4 is 28.3 Å². The predicted molar refractivity (Wildman–Crippen MR) is 64.1 cm³/mol. The van der Waals surface area contributed by atoms with Crippen molar-refractivity contribution in [3.05, 3.63) is 11.2 Å². The Morgan fingerprint density at radius 3 is 2.94 bits per heavy atom. The van der Waals surface area contributed by atoms with E-state index in [-0.39, 0.29) is 5.69 Å². The molecular formula is C9H14N4O3S. The molecule has 1 rings (SSSR count). The van der Waals surface area contributed by atoms with Crippen LogP contribution >= 0.6 is 11.3 Å². The number of hydrogen-bond acceptors (Lipinski definition) is 6. The van der Waals surface area contributed by atoms with Gasteiger partial charge in [-0.05, 0) is 6.92 Å². The number of aromatic nitrogens is 1. The van der Waals surface area contributed by atoms with Crippen molar-refractivity contribution in [1.82, 2.24) is 10.3 Å². The van der Waals surface area contributed by atoms with Crippen LogP contribution in [0.5, 0.6) is 0 Å². The minimum absolute atomic E-state index is 0.260. The lowest BCUT2D eigenvalue weighted by atomic mass is 10.4. The highest BCUT2D eigenvalue weighted by molar-refractivity contribution is 7.14. The number of amides is 2. The summed E-state index contributed by atoms with van der Waals surface area (Å²) in [6, 6.07) is -0.582. The maximum atomic E-state index is 11.5. The summed E-state index contributed by atoms with van der Waals surface area (Å²) >= 11 is 1.30. The Kier molecular flexibility index (Phi) is 5.21. The van der Waals surface area contributed by atoms with E-state index in [0.717, 1.165) is 0 Å². The highest BCUT2D eigenvalue weighted by Crippen LogP contribution is 2.20. The van der Waals surface area contributed by atoms with Crippen LogP contribution in [0.15, 0.2) is 5.51 Å². The smallest absolute Gasteiger partial charge is 0.360 e. The summed E-state index contributed by atoms with van der Waals surface area (Å²) in [7, 11) is 0. The predicted octanol–water partition coefficient (Wildman–Crippen LogP) is 0.400. The minimum Gasteiger partial charge on any atom is -0.461 e. The number of esters is 1. The van der Waals surface area contributed by atoms with Gasteiger partial charge in [0.15, 0.2) is 5.69 Å². The van der Waals surface area contributed by atoms with Crippen LogP contribution in [0.3, 0.4) is 0 Å². The number of anilines is 1. The second-order valence-corrected chi connectivity index (χ2v) is 3.82. The highest BCUT2D eigenvalue weighted by Gasteiger charge is 2.15. The largest absolute Gasteiger partial charge is 0.461 e. The molecule has 0 saturated carbocycles. The maximum Gasteiger partial charge on any atom is 0.360 e. The molecule has 0 aliphatic heterocycles. The summed E-state index contributed by atoms with van der Waals surface area (Å²) in [5.41, 5.74) is 6.72. The zero-order chi connectivity index (χ0) is 12.7. The van der Waals surface area contributed by atoms with E-state index in [1.165, 1.54) is 11.3 Å². The Bertz CT molecular complexity index is 393. The summed E-state index contributed by atoms with van der Waals surface area (Å²) in [6.07, 6.45) is 0. The van der Waals surface area contributed by atoms with Gasteiger partial charge in [0.2, 0.25) is 0 Å². The Hall–Kier alpha value is -1.83. The first-order valence-corrected chi connectivity index (χ1v) is 5.91. The molecule has 0 unspecified atom stereocenters. The number of nitrogens with one attached hydrogen (secondary N) is 2. The molecule has 4 N–H and O–H groups in total. The number of nitrogens with two attached hydrogens (primary N) is 1. The average molecular weight is 258 g/mol. The molecule has 8 heteroatoms. The number of nitrogens with zero attached hydrogens (tertiary/aromatic N) is 1. The molecule has 0 aliphatic rings. The quantitative estimate of drug-likeness (QED) is 0.506. The molecule has 17 heavy (non-hydrogen) atoms. The van der Waals surface area contributed by atoms with Crippen molar-refractivity contribution in [2.45, 2.75) is 6.92 Å². The van der Waals surface area contributed by atoms with Crippen LogP contribution in [0.2, 0.25) is 0 Å². The molecule has 0 atom stereocenters. The number of urea groups is 1. The van der Waals surface area contributed by atoms with Gasteiger partial charge in [-0.1, -0.05) is 0 Å². The average Bonchev–Trinajstić information content (AvgIpc) is 2.72. The van der Waals surface area contributed by atoms with E-state index in [1.54, 1.807) is 12.4 Å². The monoisotopic (exact) mass is 258 g/mol.